The van der Waals surface area contributed by atoms with Crippen LogP contribution in [0.1, 0.15) is 41.0 Å². The molecule has 0 spiro atoms. The summed E-state index contributed by atoms with van der Waals surface area (Å²) in [6.45, 7) is -1.04. The highest BCUT2D eigenvalue weighted by molar-refractivity contribution is 5.86. The molecule has 0 bridgehead atoms. The van der Waals surface area contributed by atoms with Gasteiger partial charge in [0.1, 0.15) is 0 Å². The zero-order valence-electron chi connectivity index (χ0n) is 24.3. The van der Waals surface area contributed by atoms with Gasteiger partial charge in [-0.25, -0.2) is 53.4 Å². The van der Waals surface area contributed by atoms with Crippen LogP contribution in [0.3, 0.4) is 0 Å². The van der Waals surface area contributed by atoms with Gasteiger partial charge in [0.05, 0.1) is 0 Å². The molecule has 0 N–H and O–H groups in total. The zero-order valence-corrected chi connectivity index (χ0v) is 24.3. The second-order valence-electron chi connectivity index (χ2n) is 10.3. The summed E-state index contributed by atoms with van der Waals surface area (Å²) in [6.07, 6.45) is -18.2. The number of hydrogen-bond acceptors (Lipinski definition) is 4. The quantitative estimate of drug-likeness (QED) is 0.120. The van der Waals surface area contributed by atoms with E-state index in [9.17, 15) is 92.6 Å². The van der Waals surface area contributed by atoms with E-state index in [2.05, 4.69) is 20.8 Å². The van der Waals surface area contributed by atoms with Crippen molar-refractivity contribution in [1.29, 1.82) is 0 Å². The van der Waals surface area contributed by atoms with Gasteiger partial charge in [0, 0.05) is 33.5 Å². The average Bonchev–Trinajstić information content (AvgIpc) is 2.86. The number of carbonyl (C=O) groups is 1. The molecule has 0 aromatic rings. The molecule has 47 heavy (non-hydrogen) atoms. The average molecular weight is 744 g/mol. The summed E-state index contributed by atoms with van der Waals surface area (Å²) >= 11 is 0. The van der Waals surface area contributed by atoms with Crippen LogP contribution < -0.4 is 0 Å². The summed E-state index contributed by atoms with van der Waals surface area (Å²) in [4.78, 5) is 10.7. The van der Waals surface area contributed by atoms with Crippen LogP contribution >= 0.6 is 0 Å². The van der Waals surface area contributed by atoms with Crippen LogP contribution in [-0.4, -0.2) is 90.3 Å². The maximum Gasteiger partial charge on any atom is 0.452 e. The normalized spacial score (nSPS) is 30.3. The van der Waals surface area contributed by atoms with E-state index in [0.29, 0.717) is 0 Å². The first kappa shape index (κ1) is 44.7. The Morgan fingerprint density at radius 1 is 0.638 bits per heavy atom. The van der Waals surface area contributed by atoms with Crippen LogP contribution in [0.5, 0.6) is 0 Å². The van der Waals surface area contributed by atoms with Gasteiger partial charge in [0.2, 0.25) is 5.67 Å². The molecule has 280 valence electrons. The van der Waals surface area contributed by atoms with E-state index in [0.717, 1.165) is 6.92 Å². The largest absolute Gasteiger partial charge is 0.453 e. The molecule has 1 fully saturated rings. The van der Waals surface area contributed by atoms with E-state index in [1.807, 2.05) is 0 Å². The van der Waals surface area contributed by atoms with E-state index in [4.69, 9.17) is 0 Å². The Kier molecular flexibility index (Phi) is 11.7. The van der Waals surface area contributed by atoms with Gasteiger partial charge < -0.3 is 9.47 Å². The number of methoxy groups -OCH3 is 1. The maximum atomic E-state index is 14.8. The van der Waals surface area contributed by atoms with E-state index in [-0.39, 0.29) is 19.6 Å². The van der Waals surface area contributed by atoms with Gasteiger partial charge >= 0.3 is 36.1 Å². The van der Waals surface area contributed by atoms with Crippen LogP contribution in [0, 0.1) is 0 Å². The predicted octanol–water partition coefficient (Wildman–Crippen LogP) is 9.03. The Bertz CT molecular complexity index is 1160. The zero-order chi connectivity index (χ0) is 38.7. The Balaban J connectivity index is 0.000000974. The lowest BCUT2D eigenvalue weighted by atomic mass is 9.52. The van der Waals surface area contributed by atoms with Crippen LogP contribution in [0.4, 0.5) is 87.8 Å². The van der Waals surface area contributed by atoms with Crippen LogP contribution in [-0.2, 0) is 19.0 Å². The standard InChI is InChI=1S/C14H14F14.C9H10F6O4/c1-5-9(21)10(22,6(2,15)16)14(27,28)12(24,8(4,19)20)11(23,7(3,17)18)13(9,25)26;1-5(2)6(16)18-4-7(10,11)19-9(14,15)8(12,13)17-3/h5H2,1-4H3;1,4H2,2-3H3. The highest BCUT2D eigenvalue weighted by Gasteiger charge is 3.06. The SMILES string of the molecule is C=C(C)C(=O)OCC(F)(F)OC(F)(F)C(F)(F)OC.CCC1(F)C(F)(F)C(F)(C(C)(F)F)C(F)(C(C)(F)F)C(F)(F)C1(F)C(C)(F)F. The van der Waals surface area contributed by atoms with E-state index >= 15 is 0 Å². The molecule has 0 saturated heterocycles. The number of esters is 1. The van der Waals surface area contributed by atoms with Crippen molar-refractivity contribution < 1.29 is 107 Å². The van der Waals surface area contributed by atoms with Crippen molar-refractivity contribution in [2.75, 3.05) is 13.7 Å². The van der Waals surface area contributed by atoms with Crippen LogP contribution in [0.25, 0.3) is 0 Å². The van der Waals surface area contributed by atoms with E-state index in [1.165, 1.54) is 0 Å². The summed E-state index contributed by atoms with van der Waals surface area (Å²) in [5, 5.41) is 0. The van der Waals surface area contributed by atoms with Crippen molar-refractivity contribution in [1.82, 2.24) is 0 Å². The fourth-order valence-electron chi connectivity index (χ4n) is 4.32. The first-order valence-corrected chi connectivity index (χ1v) is 12.0. The maximum absolute atomic E-state index is 14.8. The molecule has 0 aromatic carbocycles. The lowest BCUT2D eigenvalue weighted by Crippen LogP contribution is -2.94. The van der Waals surface area contributed by atoms with E-state index in [1.54, 1.807) is 0 Å². The number of carbonyl (C=O) groups excluding carboxylic acids is 1. The molecule has 0 aliphatic heterocycles. The number of halogens is 20. The molecule has 1 rings (SSSR count). The molecule has 4 nitrogen and oxygen atoms in total. The third kappa shape index (κ3) is 6.32. The van der Waals surface area contributed by atoms with Crippen molar-refractivity contribution in [3.05, 3.63) is 12.2 Å². The minimum absolute atomic E-state index is 0.0341. The molecular weight excluding hydrogens is 720 g/mol. The Morgan fingerprint density at radius 2 is 0.979 bits per heavy atom. The summed E-state index contributed by atoms with van der Waals surface area (Å²) in [5.41, 5.74) is -27.8. The molecule has 0 amide bonds. The fraction of sp³-hybridized carbons (Fsp3) is 0.870. The van der Waals surface area contributed by atoms with Crippen molar-refractivity contribution >= 4 is 5.97 Å². The third-order valence-electron chi connectivity index (χ3n) is 6.71. The van der Waals surface area contributed by atoms with Gasteiger partial charge in [0.15, 0.2) is 6.61 Å². The smallest absolute Gasteiger partial charge is 0.452 e. The van der Waals surface area contributed by atoms with Crippen molar-refractivity contribution in [2.45, 2.75) is 112 Å². The van der Waals surface area contributed by atoms with Gasteiger partial charge in [-0.2, -0.15) is 43.9 Å². The van der Waals surface area contributed by atoms with Gasteiger partial charge in [-0.05, 0) is 13.3 Å². The van der Waals surface area contributed by atoms with Gasteiger partial charge in [-0.1, -0.05) is 13.5 Å². The van der Waals surface area contributed by atoms with Crippen molar-refractivity contribution in [3.8, 4) is 0 Å². The lowest BCUT2D eigenvalue weighted by Gasteiger charge is -2.63. The number of hydrogen-bond donors (Lipinski definition) is 0. The molecular formula is C23H24F20O4. The van der Waals surface area contributed by atoms with Gasteiger partial charge in [-0.15, -0.1) is 0 Å². The molecule has 1 saturated carbocycles. The Hall–Kier alpha value is -2.27. The van der Waals surface area contributed by atoms with Crippen molar-refractivity contribution in [2.24, 2.45) is 0 Å². The molecule has 1 aliphatic rings. The topological polar surface area (TPSA) is 44.8 Å². The molecule has 0 aromatic heterocycles. The predicted molar refractivity (Wildman–Crippen MR) is 116 cm³/mol. The summed E-state index contributed by atoms with van der Waals surface area (Å²) in [6, 6.07) is 0. The molecule has 1 aliphatic carbocycles. The second-order valence-corrected chi connectivity index (χ2v) is 10.3. The highest BCUT2D eigenvalue weighted by Crippen LogP contribution is 2.76. The number of rotatable bonds is 11. The van der Waals surface area contributed by atoms with Crippen LogP contribution in [0.2, 0.25) is 0 Å². The molecule has 4 atom stereocenters. The third-order valence-corrected chi connectivity index (χ3v) is 6.71. The summed E-state index contributed by atoms with van der Waals surface area (Å²) < 4.78 is 284. The number of alkyl halides is 20. The minimum Gasteiger partial charge on any atom is -0.453 e. The fourth-order valence-corrected chi connectivity index (χ4v) is 4.32. The molecule has 24 heteroatoms. The van der Waals surface area contributed by atoms with E-state index < -0.39 is 110 Å². The number of ether oxygens (including phenoxy) is 3. The first-order chi connectivity index (χ1) is 20.2. The summed E-state index contributed by atoms with van der Waals surface area (Å²) in [7, 11) is 0.177. The Labute approximate surface area is 251 Å². The molecule has 0 radical (unpaired) electrons. The highest BCUT2D eigenvalue weighted by atomic mass is 19.3. The monoisotopic (exact) mass is 744 g/mol. The molecule has 0 heterocycles. The summed E-state index contributed by atoms with van der Waals surface area (Å²) in [5.74, 6) is -34.4. The van der Waals surface area contributed by atoms with Crippen molar-refractivity contribution in [3.63, 3.8) is 0 Å². The van der Waals surface area contributed by atoms with Crippen LogP contribution in [0.15, 0.2) is 12.2 Å². The van der Waals surface area contributed by atoms with Gasteiger partial charge in [-0.3, -0.25) is 0 Å². The Morgan fingerprint density at radius 3 is 1.26 bits per heavy atom. The second kappa shape index (κ2) is 12.3. The molecule has 4 unspecified atom stereocenters. The van der Waals surface area contributed by atoms with Gasteiger partial charge in [0.25, 0.3) is 34.8 Å². The first-order valence-electron chi connectivity index (χ1n) is 12.0. The minimum atomic E-state index is -7.41. The lowest BCUT2D eigenvalue weighted by molar-refractivity contribution is -0.481.